The quantitative estimate of drug-likeness (QED) is 0.481. The monoisotopic (exact) mass is 500 g/mol. The number of benzene rings is 3. The Bertz CT molecular complexity index is 1340. The summed E-state index contributed by atoms with van der Waals surface area (Å²) in [5.74, 6) is -1.35. The molecular formula is C28H25FN4O2S. The summed E-state index contributed by atoms with van der Waals surface area (Å²) in [6.07, 6.45) is 1.51. The fourth-order valence-electron chi connectivity index (χ4n) is 4.26. The summed E-state index contributed by atoms with van der Waals surface area (Å²) in [7, 11) is 0. The van der Waals surface area contributed by atoms with E-state index in [-0.39, 0.29) is 24.1 Å². The van der Waals surface area contributed by atoms with Gasteiger partial charge in [-0.2, -0.15) is 10.1 Å². The second kappa shape index (κ2) is 10.5. The van der Waals surface area contributed by atoms with Crippen LogP contribution in [0.25, 0.3) is 0 Å². The van der Waals surface area contributed by atoms with E-state index in [1.165, 1.54) is 29.5 Å². The largest absolute Gasteiger partial charge is 0.324 e. The Labute approximate surface area is 213 Å². The topological polar surface area (TPSA) is 74.1 Å². The predicted octanol–water partition coefficient (Wildman–Crippen LogP) is 5.57. The maximum absolute atomic E-state index is 13.9. The average molecular weight is 501 g/mol. The van der Waals surface area contributed by atoms with Gasteiger partial charge in [0.15, 0.2) is 5.17 Å². The van der Waals surface area contributed by atoms with E-state index in [1.54, 1.807) is 17.1 Å². The number of rotatable bonds is 6. The molecule has 2 heterocycles. The lowest BCUT2D eigenvalue weighted by Gasteiger charge is -2.23. The number of para-hydroxylation sites is 1. The normalized spacial score (nSPS) is 19.3. The van der Waals surface area contributed by atoms with Crippen LogP contribution in [-0.4, -0.2) is 33.0 Å². The van der Waals surface area contributed by atoms with Crippen molar-refractivity contribution in [2.45, 2.75) is 37.5 Å². The lowest BCUT2D eigenvalue weighted by Crippen LogP contribution is -2.25. The zero-order chi connectivity index (χ0) is 25.1. The number of hydrogen-bond donors (Lipinski definition) is 1. The van der Waals surface area contributed by atoms with Crippen molar-refractivity contribution in [2.24, 2.45) is 10.1 Å². The second-order valence-electron chi connectivity index (χ2n) is 8.64. The van der Waals surface area contributed by atoms with Gasteiger partial charge in [-0.3, -0.25) is 9.59 Å². The number of carbonyl (C=O) groups excluding carboxylic acids is 2. The molecule has 2 amide bonds. The van der Waals surface area contributed by atoms with Crippen molar-refractivity contribution in [3.8, 4) is 0 Å². The van der Waals surface area contributed by atoms with Crippen molar-refractivity contribution < 1.29 is 14.0 Å². The average Bonchev–Trinajstić information content (AvgIpc) is 3.50. The summed E-state index contributed by atoms with van der Waals surface area (Å²) in [4.78, 5) is 29.6. The van der Waals surface area contributed by atoms with Gasteiger partial charge in [-0.1, -0.05) is 85.4 Å². The number of hydrogen-bond acceptors (Lipinski definition) is 5. The summed E-state index contributed by atoms with van der Waals surface area (Å²) >= 11 is 1.23. The molecule has 8 heteroatoms. The number of thioether (sulfide) groups is 1. The van der Waals surface area contributed by atoms with E-state index >= 15 is 0 Å². The number of amidine groups is 1. The highest BCUT2D eigenvalue weighted by Crippen LogP contribution is 2.38. The van der Waals surface area contributed by atoms with Crippen LogP contribution in [0.3, 0.4) is 0 Å². The van der Waals surface area contributed by atoms with Gasteiger partial charge in [0.05, 0.1) is 17.4 Å². The third-order valence-corrected chi connectivity index (χ3v) is 7.38. The molecule has 5 rings (SSSR count). The molecule has 2 aliphatic heterocycles. The molecule has 0 spiro atoms. The molecule has 0 aliphatic carbocycles. The van der Waals surface area contributed by atoms with Crippen LogP contribution >= 0.6 is 11.8 Å². The van der Waals surface area contributed by atoms with Gasteiger partial charge in [0.25, 0.3) is 5.91 Å². The van der Waals surface area contributed by atoms with Crippen molar-refractivity contribution in [2.75, 3.05) is 5.32 Å². The van der Waals surface area contributed by atoms with Gasteiger partial charge in [-0.25, -0.2) is 9.40 Å². The number of halogens is 1. The number of nitrogens with one attached hydrogen (secondary N) is 1. The van der Waals surface area contributed by atoms with Gasteiger partial charge in [-0.15, -0.1) is 0 Å². The molecule has 0 fully saturated rings. The number of aliphatic imine (C=N–C) groups is 1. The first-order valence-electron chi connectivity index (χ1n) is 11.9. The molecule has 182 valence electrons. The highest BCUT2D eigenvalue weighted by atomic mass is 32.2. The molecule has 6 nitrogen and oxygen atoms in total. The van der Waals surface area contributed by atoms with E-state index in [4.69, 9.17) is 5.10 Å². The van der Waals surface area contributed by atoms with Crippen LogP contribution in [0.1, 0.15) is 42.5 Å². The molecule has 36 heavy (non-hydrogen) atoms. The maximum Gasteiger partial charge on any atom is 0.262 e. The fraction of sp³-hybridized carbons (Fsp3) is 0.214. The Balaban J connectivity index is 1.35. The number of nitrogens with zero attached hydrogens (tertiary/aromatic N) is 3. The van der Waals surface area contributed by atoms with E-state index in [1.807, 2.05) is 30.3 Å². The SMILES string of the molecule is CCc1ccc(C2CC(c3ccccc3)=NN2C2=NC(=O)C(CC(=O)Nc3ccccc3F)S2)cc1. The first-order chi connectivity index (χ1) is 17.5. The Kier molecular flexibility index (Phi) is 6.95. The number of carbonyl (C=O) groups is 2. The Morgan fingerprint density at radius 1 is 1.06 bits per heavy atom. The minimum absolute atomic E-state index is 0.0892. The van der Waals surface area contributed by atoms with Crippen molar-refractivity contribution >= 4 is 40.1 Å². The molecule has 3 aromatic rings. The van der Waals surface area contributed by atoms with Gasteiger partial charge in [0.2, 0.25) is 5.91 Å². The number of aryl methyl sites for hydroxylation is 1. The minimum Gasteiger partial charge on any atom is -0.324 e. The van der Waals surface area contributed by atoms with Crippen molar-refractivity contribution in [1.29, 1.82) is 0 Å². The Morgan fingerprint density at radius 3 is 2.50 bits per heavy atom. The maximum atomic E-state index is 13.9. The van der Waals surface area contributed by atoms with Crippen LogP contribution in [0.5, 0.6) is 0 Å². The molecule has 3 aromatic carbocycles. The van der Waals surface area contributed by atoms with E-state index in [9.17, 15) is 14.0 Å². The lowest BCUT2D eigenvalue weighted by molar-refractivity contribution is -0.121. The molecule has 0 saturated carbocycles. The van der Waals surface area contributed by atoms with E-state index in [0.29, 0.717) is 11.6 Å². The first kappa shape index (κ1) is 23.9. The summed E-state index contributed by atoms with van der Waals surface area (Å²) in [5, 5.41) is 9.00. The van der Waals surface area contributed by atoms with Crippen LogP contribution in [0.4, 0.5) is 10.1 Å². The molecule has 1 N–H and O–H groups in total. The molecule has 0 radical (unpaired) electrons. The Hall–Kier alpha value is -3.78. The fourth-order valence-corrected chi connectivity index (χ4v) is 5.33. The van der Waals surface area contributed by atoms with Gasteiger partial charge in [0.1, 0.15) is 11.1 Å². The number of anilines is 1. The predicted molar refractivity (Wildman–Crippen MR) is 141 cm³/mol. The minimum atomic E-state index is -0.689. The number of amides is 2. The summed E-state index contributed by atoms with van der Waals surface area (Å²) < 4.78 is 13.9. The highest BCUT2D eigenvalue weighted by molar-refractivity contribution is 8.15. The van der Waals surface area contributed by atoms with Crippen LogP contribution in [0.2, 0.25) is 0 Å². The van der Waals surface area contributed by atoms with Crippen LogP contribution < -0.4 is 5.32 Å². The van der Waals surface area contributed by atoms with Crippen molar-refractivity contribution in [3.05, 3.63) is 101 Å². The van der Waals surface area contributed by atoms with Gasteiger partial charge in [0, 0.05) is 12.8 Å². The van der Waals surface area contributed by atoms with Crippen LogP contribution in [-0.2, 0) is 16.0 Å². The third-order valence-electron chi connectivity index (χ3n) is 6.23. The zero-order valence-electron chi connectivity index (χ0n) is 19.7. The van der Waals surface area contributed by atoms with Gasteiger partial charge >= 0.3 is 0 Å². The van der Waals surface area contributed by atoms with E-state index < -0.39 is 17.0 Å². The molecule has 0 saturated heterocycles. The molecule has 2 atom stereocenters. The van der Waals surface area contributed by atoms with E-state index in [0.717, 1.165) is 23.3 Å². The molecule has 0 bridgehead atoms. The lowest BCUT2D eigenvalue weighted by atomic mass is 9.97. The van der Waals surface area contributed by atoms with Crippen molar-refractivity contribution in [3.63, 3.8) is 0 Å². The highest BCUT2D eigenvalue weighted by Gasteiger charge is 2.39. The smallest absolute Gasteiger partial charge is 0.262 e. The zero-order valence-corrected chi connectivity index (χ0v) is 20.5. The summed E-state index contributed by atoms with van der Waals surface area (Å²) in [6, 6.07) is 24.2. The van der Waals surface area contributed by atoms with Gasteiger partial charge < -0.3 is 5.32 Å². The van der Waals surface area contributed by atoms with Gasteiger partial charge in [-0.05, 0) is 35.2 Å². The molecule has 2 aliphatic rings. The van der Waals surface area contributed by atoms with Crippen molar-refractivity contribution in [1.82, 2.24) is 5.01 Å². The summed E-state index contributed by atoms with van der Waals surface area (Å²) in [6.45, 7) is 2.12. The Morgan fingerprint density at radius 2 is 1.78 bits per heavy atom. The van der Waals surface area contributed by atoms with Crippen LogP contribution in [0.15, 0.2) is 89.0 Å². The molecular weight excluding hydrogens is 475 g/mol. The molecule has 0 aromatic heterocycles. The van der Waals surface area contributed by atoms with E-state index in [2.05, 4.69) is 41.5 Å². The standard InChI is InChI=1S/C28H25FN4O2S/c1-2-18-12-14-20(15-13-18)24-16-23(19-8-4-3-5-9-19)32-33(24)28-31-27(35)25(36-28)17-26(34)30-22-11-7-6-10-21(22)29/h3-15,24-25H,2,16-17H2,1H3,(H,30,34). The van der Waals surface area contributed by atoms with Crippen LogP contribution in [0, 0.1) is 5.82 Å². The second-order valence-corrected chi connectivity index (χ2v) is 9.81. The third kappa shape index (κ3) is 5.09. The number of hydrazone groups is 1. The molecule has 2 unspecified atom stereocenters. The first-order valence-corrected chi connectivity index (χ1v) is 12.7. The summed E-state index contributed by atoms with van der Waals surface area (Å²) in [5.41, 5.74) is 4.35.